The van der Waals surface area contributed by atoms with Crippen molar-refractivity contribution in [2.75, 3.05) is 31.6 Å². The van der Waals surface area contributed by atoms with E-state index in [1.807, 2.05) is 54.6 Å². The predicted octanol–water partition coefficient (Wildman–Crippen LogP) is 2.58. The average molecular weight is 481 g/mol. The van der Waals surface area contributed by atoms with Gasteiger partial charge < -0.3 is 15.0 Å². The minimum absolute atomic E-state index is 0.108. The van der Waals surface area contributed by atoms with E-state index >= 15 is 0 Å². The lowest BCUT2D eigenvalue weighted by Crippen LogP contribution is -2.39. The molecule has 2 aliphatic rings. The molecule has 9 nitrogen and oxygen atoms in total. The summed E-state index contributed by atoms with van der Waals surface area (Å²) in [7, 11) is 1.62. The zero-order valence-corrected chi connectivity index (χ0v) is 19.7. The number of amides is 1. The summed E-state index contributed by atoms with van der Waals surface area (Å²) in [4.78, 5) is 32.4. The first-order chi connectivity index (χ1) is 17.6. The molecule has 6 rings (SSSR count). The number of nitrogens with zero attached hydrogens (tertiary/aromatic N) is 5. The van der Waals surface area contributed by atoms with Gasteiger partial charge in [-0.1, -0.05) is 6.07 Å². The fourth-order valence-corrected chi connectivity index (χ4v) is 4.70. The van der Waals surface area contributed by atoms with Crippen LogP contribution in [0.5, 0.6) is 5.75 Å². The van der Waals surface area contributed by atoms with Gasteiger partial charge in [-0.2, -0.15) is 5.10 Å². The number of hydrogen-bond acceptors (Lipinski definition) is 6. The minimum Gasteiger partial charge on any atom is -0.497 e. The van der Waals surface area contributed by atoms with Gasteiger partial charge in [0.05, 0.1) is 19.3 Å². The van der Waals surface area contributed by atoms with E-state index in [0.717, 1.165) is 46.4 Å². The molecule has 9 heteroatoms. The van der Waals surface area contributed by atoms with Crippen LogP contribution in [0.4, 0.5) is 5.69 Å². The van der Waals surface area contributed by atoms with E-state index in [1.165, 1.54) is 6.07 Å². The normalized spacial score (nSPS) is 14.9. The highest BCUT2D eigenvalue weighted by atomic mass is 16.5. The quantitative estimate of drug-likeness (QED) is 0.474. The molecule has 0 aliphatic carbocycles. The number of ether oxygens (including phenoxy) is 1. The lowest BCUT2D eigenvalue weighted by atomic mass is 10.0. The summed E-state index contributed by atoms with van der Waals surface area (Å²) >= 11 is 0. The Bertz CT molecular complexity index is 1530. The topological polar surface area (TPSA) is 93.7 Å². The first kappa shape index (κ1) is 21.8. The number of rotatable bonds is 5. The third-order valence-electron chi connectivity index (χ3n) is 6.49. The number of aromatic nitrogens is 3. The Balaban J connectivity index is 1.40. The number of benzene rings is 2. The Hall–Kier alpha value is -4.66. The molecule has 1 amide bonds. The van der Waals surface area contributed by atoms with Crippen molar-refractivity contribution in [2.24, 2.45) is 4.99 Å². The van der Waals surface area contributed by atoms with Gasteiger partial charge in [-0.15, -0.1) is 0 Å². The maximum absolute atomic E-state index is 13.9. The van der Waals surface area contributed by atoms with E-state index < -0.39 is 0 Å². The molecule has 2 aromatic carbocycles. The molecule has 0 fully saturated rings. The van der Waals surface area contributed by atoms with Crippen LogP contribution in [0.1, 0.15) is 21.7 Å². The lowest BCUT2D eigenvalue weighted by molar-refractivity contribution is 0.0973. The van der Waals surface area contributed by atoms with Gasteiger partial charge in [-0.3, -0.25) is 19.1 Å². The Labute approximate surface area is 207 Å². The Morgan fingerprint density at radius 3 is 2.36 bits per heavy atom. The second-order valence-electron chi connectivity index (χ2n) is 8.57. The van der Waals surface area contributed by atoms with Crippen LogP contribution in [-0.4, -0.2) is 52.8 Å². The zero-order valence-electron chi connectivity index (χ0n) is 19.7. The van der Waals surface area contributed by atoms with Crippen molar-refractivity contribution in [1.82, 2.24) is 19.7 Å². The van der Waals surface area contributed by atoms with Crippen molar-refractivity contribution >= 4 is 17.4 Å². The van der Waals surface area contributed by atoms with E-state index in [1.54, 1.807) is 33.5 Å². The van der Waals surface area contributed by atoms with Gasteiger partial charge in [0.2, 0.25) is 0 Å². The van der Waals surface area contributed by atoms with Crippen LogP contribution >= 0.6 is 0 Å². The van der Waals surface area contributed by atoms with Crippen molar-refractivity contribution in [3.8, 4) is 17.1 Å². The molecule has 0 saturated heterocycles. The van der Waals surface area contributed by atoms with Crippen LogP contribution in [0.25, 0.3) is 11.4 Å². The lowest BCUT2D eigenvalue weighted by Gasteiger charge is -2.28. The van der Waals surface area contributed by atoms with E-state index in [9.17, 15) is 9.59 Å². The van der Waals surface area contributed by atoms with Gasteiger partial charge in [0.25, 0.3) is 11.5 Å². The average Bonchev–Trinajstić information content (AvgIpc) is 3.58. The van der Waals surface area contributed by atoms with Crippen molar-refractivity contribution in [3.63, 3.8) is 0 Å². The SMILES string of the molecule is COc1ccc(-n2nc(C3=NCCN3)c3c2C(=O)N(c2ccc(-n4ccccc4=O)cc2)CC3)cc1. The Kier molecular flexibility index (Phi) is 5.37. The van der Waals surface area contributed by atoms with Crippen LogP contribution in [0, 0.1) is 0 Å². The number of methoxy groups -OCH3 is 1. The molecule has 0 spiro atoms. The van der Waals surface area contributed by atoms with E-state index in [2.05, 4.69) is 10.3 Å². The van der Waals surface area contributed by atoms with Crippen molar-refractivity contribution in [2.45, 2.75) is 6.42 Å². The van der Waals surface area contributed by atoms with E-state index in [4.69, 9.17) is 9.84 Å². The van der Waals surface area contributed by atoms with E-state index in [0.29, 0.717) is 25.2 Å². The third-order valence-corrected chi connectivity index (χ3v) is 6.49. The van der Waals surface area contributed by atoms with Crippen LogP contribution in [0.15, 0.2) is 82.7 Å². The molecule has 0 unspecified atom stereocenters. The summed E-state index contributed by atoms with van der Waals surface area (Å²) in [5, 5.41) is 8.13. The predicted molar refractivity (Wildman–Crippen MR) is 137 cm³/mol. The maximum atomic E-state index is 13.9. The van der Waals surface area contributed by atoms with Crippen LogP contribution in [0.2, 0.25) is 0 Å². The molecule has 1 N–H and O–H groups in total. The van der Waals surface area contributed by atoms with Gasteiger partial charge in [0.15, 0.2) is 0 Å². The Morgan fingerprint density at radius 2 is 1.67 bits per heavy atom. The molecule has 4 aromatic rings. The molecule has 2 aliphatic heterocycles. The summed E-state index contributed by atoms with van der Waals surface area (Å²) < 4.78 is 8.57. The highest BCUT2D eigenvalue weighted by molar-refractivity contribution is 6.10. The highest BCUT2D eigenvalue weighted by Crippen LogP contribution is 2.30. The second kappa shape index (κ2) is 8.84. The highest BCUT2D eigenvalue weighted by Gasteiger charge is 2.34. The second-order valence-corrected chi connectivity index (χ2v) is 8.57. The van der Waals surface area contributed by atoms with E-state index in [-0.39, 0.29) is 11.5 Å². The molecular formula is C27H24N6O3. The molecule has 36 heavy (non-hydrogen) atoms. The number of pyridine rings is 1. The molecule has 2 aromatic heterocycles. The number of fused-ring (bicyclic) bond motifs is 1. The number of amidine groups is 1. The molecule has 0 atom stereocenters. The fraction of sp³-hybridized carbons (Fsp3) is 0.185. The summed E-state index contributed by atoms with van der Waals surface area (Å²) in [6.07, 6.45) is 2.37. The zero-order chi connectivity index (χ0) is 24.6. The number of aliphatic imine (C=N–C) groups is 1. The summed E-state index contributed by atoms with van der Waals surface area (Å²) in [6, 6.07) is 20.0. The van der Waals surface area contributed by atoms with Gasteiger partial charge in [-0.05, 0) is 61.0 Å². The summed E-state index contributed by atoms with van der Waals surface area (Å²) in [6.45, 7) is 1.97. The first-order valence-electron chi connectivity index (χ1n) is 11.8. The molecule has 0 saturated carbocycles. The largest absolute Gasteiger partial charge is 0.497 e. The molecule has 4 heterocycles. The fourth-order valence-electron chi connectivity index (χ4n) is 4.70. The standard InChI is InChI=1S/C27H24N6O3/c1-36-21-11-9-20(10-12-21)33-25-22(24(30-33)26-28-14-15-29-26)13-17-32(27(25)35)19-7-5-18(6-8-19)31-16-3-2-4-23(31)34/h2-12,16H,13-15,17H2,1H3,(H,28,29). The van der Waals surface area contributed by atoms with Crippen LogP contribution in [0.3, 0.4) is 0 Å². The summed E-state index contributed by atoms with van der Waals surface area (Å²) in [5.74, 6) is 1.33. The number of carbonyl (C=O) groups is 1. The van der Waals surface area contributed by atoms with Gasteiger partial charge in [-0.25, -0.2) is 4.68 Å². The van der Waals surface area contributed by atoms with Crippen LogP contribution < -0.4 is 20.5 Å². The van der Waals surface area contributed by atoms with Crippen molar-refractivity contribution < 1.29 is 9.53 Å². The number of nitrogens with one attached hydrogen (secondary N) is 1. The van der Waals surface area contributed by atoms with Gasteiger partial charge >= 0.3 is 0 Å². The summed E-state index contributed by atoms with van der Waals surface area (Å²) in [5.41, 5.74) is 4.32. The first-order valence-corrected chi connectivity index (χ1v) is 11.8. The molecule has 180 valence electrons. The number of hydrogen-bond donors (Lipinski definition) is 1. The number of carbonyl (C=O) groups excluding carboxylic acids is 1. The van der Waals surface area contributed by atoms with Crippen molar-refractivity contribution in [1.29, 1.82) is 0 Å². The smallest absolute Gasteiger partial charge is 0.277 e. The Morgan fingerprint density at radius 1 is 0.917 bits per heavy atom. The van der Waals surface area contributed by atoms with Crippen molar-refractivity contribution in [3.05, 3.63) is 100 Å². The third kappa shape index (κ3) is 3.65. The minimum atomic E-state index is -0.131. The van der Waals surface area contributed by atoms with Crippen LogP contribution in [-0.2, 0) is 6.42 Å². The number of anilines is 1. The molecular weight excluding hydrogens is 456 g/mol. The van der Waals surface area contributed by atoms with Gasteiger partial charge in [0.1, 0.15) is 23.0 Å². The maximum Gasteiger partial charge on any atom is 0.277 e. The monoisotopic (exact) mass is 480 g/mol. The molecule has 0 radical (unpaired) electrons. The van der Waals surface area contributed by atoms with Gasteiger partial charge in [0, 0.05) is 42.3 Å². The molecule has 0 bridgehead atoms.